The number of aliphatic hydroxyl groups is 1. The fourth-order valence-corrected chi connectivity index (χ4v) is 5.56. The monoisotopic (exact) mass is 648 g/mol. The number of aromatic carboxylic acids is 1. The summed E-state index contributed by atoms with van der Waals surface area (Å²) in [6.07, 6.45) is -1.31. The van der Waals surface area contributed by atoms with Crippen LogP contribution in [0.3, 0.4) is 0 Å². The number of halogens is 3. The number of anilines is 2. The smallest absolute Gasteiger partial charge is 0.477 e. The zero-order valence-corrected chi connectivity index (χ0v) is 24.1. The summed E-state index contributed by atoms with van der Waals surface area (Å²) in [6, 6.07) is 1.64. The van der Waals surface area contributed by atoms with E-state index < -0.39 is 73.6 Å². The molecule has 2 aromatic heterocycles. The molecule has 0 aliphatic carbocycles. The molecule has 2 atom stereocenters. The molecule has 0 bridgehead atoms. The third-order valence-electron chi connectivity index (χ3n) is 6.43. The molecule has 2 unspecified atom stereocenters. The van der Waals surface area contributed by atoms with Gasteiger partial charge in [-0.05, 0) is 27.2 Å². The zero-order valence-electron chi connectivity index (χ0n) is 21.5. The highest BCUT2D eigenvalue weighted by Gasteiger charge is 2.68. The number of hydrogen-bond acceptors (Lipinski definition) is 9. The Kier molecular flexibility index (Phi) is 8.61. The van der Waals surface area contributed by atoms with Crippen LogP contribution in [0.2, 0.25) is 5.02 Å². The predicted octanol–water partition coefficient (Wildman–Crippen LogP) is 3.45. The van der Waals surface area contributed by atoms with Crippen LogP contribution in [-0.2, 0) is 20.3 Å². The highest BCUT2D eigenvalue weighted by atomic mass is 35.5. The Balaban J connectivity index is 1.94. The number of fused-ring (bicyclic) bond motifs is 1. The number of carboxylic acid groups (broad SMARTS) is 1. The molecule has 0 radical (unpaired) electrons. The molecule has 1 amide bonds. The number of carboxylic acids is 1. The summed E-state index contributed by atoms with van der Waals surface area (Å²) < 4.78 is 58.2. The van der Waals surface area contributed by atoms with Crippen LogP contribution in [0.15, 0.2) is 23.1 Å². The predicted molar refractivity (Wildman–Crippen MR) is 145 cm³/mol. The third kappa shape index (κ3) is 5.44. The number of aryl methyl sites for hydroxylation is 1. The number of benzene rings is 1. The van der Waals surface area contributed by atoms with Crippen LogP contribution in [-0.4, -0.2) is 65.9 Å². The van der Waals surface area contributed by atoms with Crippen LogP contribution in [0.1, 0.15) is 29.8 Å². The first-order valence-corrected chi connectivity index (χ1v) is 14.7. The Morgan fingerprint density at radius 1 is 1.21 bits per heavy atom. The Bertz CT molecular complexity index is 1730. The molecule has 3 heterocycles. The molecule has 42 heavy (non-hydrogen) atoms. The number of nitrogens with one attached hydrogen (secondary N) is 1. The summed E-state index contributed by atoms with van der Waals surface area (Å²) in [6.45, 7) is 2.80. The quantitative estimate of drug-likeness (QED) is 0.223. The Morgan fingerprint density at radius 3 is 2.36 bits per heavy atom. The van der Waals surface area contributed by atoms with Gasteiger partial charge in [0.05, 0.1) is 29.3 Å². The molecule has 14 nitrogen and oxygen atoms in total. The standard InChI is InChI=1S/C23H19ClF2N4O10P2/c1-3-9-4-11-17(15(24)16(9)29-6-10(31)7-29)30(8-12(18(11)32)21(33)34)20-14(26)5-13(25)19(27-20)28-22(35)40-23(2,41(36)37)42(38)39/h4-5,8,10,31H,3,6-7H2,1-2H3,(H2-2,27,28,33,34,35,36,37,38,39)/p+2. The van der Waals surface area contributed by atoms with Crippen molar-refractivity contribution in [2.75, 3.05) is 23.3 Å². The van der Waals surface area contributed by atoms with E-state index in [1.54, 1.807) is 17.1 Å². The van der Waals surface area contributed by atoms with Gasteiger partial charge in [0, 0.05) is 30.7 Å². The number of pyridine rings is 2. The van der Waals surface area contributed by atoms with E-state index in [1.165, 1.54) is 6.07 Å². The molecule has 1 aliphatic rings. The summed E-state index contributed by atoms with van der Waals surface area (Å²) in [5.74, 6) is -6.40. The summed E-state index contributed by atoms with van der Waals surface area (Å²) >= 11 is 6.73. The SMILES string of the molecule is CCc1cc2c(=O)c(C(=O)O)cn(-c3nc(NC(=O)OC(C)([P+](=O)O)[P+](=O)O)c(F)cc3F)c2c(Cl)c1N1CC(O)C1. The molecule has 222 valence electrons. The lowest BCUT2D eigenvalue weighted by molar-refractivity contribution is 0.0695. The molecular weight excluding hydrogens is 628 g/mol. The molecule has 3 aromatic rings. The molecule has 4 rings (SSSR count). The topological polar surface area (TPSA) is 209 Å². The molecule has 1 saturated heterocycles. The largest absolute Gasteiger partial charge is 0.614 e. The number of nitrogens with zero attached hydrogens (tertiary/aromatic N) is 3. The van der Waals surface area contributed by atoms with Crippen molar-refractivity contribution < 1.29 is 52.2 Å². The van der Waals surface area contributed by atoms with E-state index in [1.807, 2.05) is 0 Å². The van der Waals surface area contributed by atoms with Crippen molar-refractivity contribution in [2.24, 2.45) is 0 Å². The summed E-state index contributed by atoms with van der Waals surface area (Å²) in [7, 11) is -7.12. The maximum absolute atomic E-state index is 15.2. The Labute approximate surface area is 240 Å². The second-order valence-electron chi connectivity index (χ2n) is 9.17. The minimum absolute atomic E-state index is 0.126. The second-order valence-corrected chi connectivity index (χ2v) is 12.7. The van der Waals surface area contributed by atoms with Gasteiger partial charge in [-0.25, -0.2) is 23.4 Å². The van der Waals surface area contributed by atoms with Gasteiger partial charge in [-0.2, -0.15) is 9.79 Å². The maximum Gasteiger partial charge on any atom is 0.614 e. The maximum atomic E-state index is 15.2. The number of β-amino-alcohol motifs (C(OH)–C–C–N with tert-alkyl or cyclic N) is 1. The van der Waals surface area contributed by atoms with E-state index in [9.17, 15) is 47.9 Å². The highest BCUT2D eigenvalue weighted by Crippen LogP contribution is 2.52. The molecule has 0 saturated carbocycles. The van der Waals surface area contributed by atoms with Gasteiger partial charge in [0.15, 0.2) is 23.3 Å². The van der Waals surface area contributed by atoms with Crippen molar-refractivity contribution >= 4 is 62.1 Å². The van der Waals surface area contributed by atoms with Crippen molar-refractivity contribution in [3.05, 3.63) is 56.3 Å². The van der Waals surface area contributed by atoms with Gasteiger partial charge >= 0.3 is 33.2 Å². The van der Waals surface area contributed by atoms with Gasteiger partial charge < -0.3 is 19.8 Å². The minimum atomic E-state index is -3.56. The molecule has 0 spiro atoms. The zero-order chi connectivity index (χ0) is 31.3. The molecule has 1 aromatic carbocycles. The molecule has 19 heteroatoms. The summed E-state index contributed by atoms with van der Waals surface area (Å²) in [4.78, 5) is 61.4. The van der Waals surface area contributed by atoms with Gasteiger partial charge in [0.2, 0.25) is 5.43 Å². The van der Waals surface area contributed by atoms with Crippen LogP contribution >= 0.6 is 27.7 Å². The lowest BCUT2D eigenvalue weighted by atomic mass is 10.0. The first-order chi connectivity index (χ1) is 19.6. The van der Waals surface area contributed by atoms with Gasteiger partial charge in [-0.1, -0.05) is 18.5 Å². The fourth-order valence-electron chi connectivity index (χ4n) is 4.22. The van der Waals surface area contributed by atoms with E-state index in [0.717, 1.165) is 4.57 Å². The number of hydrogen-bond donors (Lipinski definition) is 5. The molecule has 1 fully saturated rings. The average Bonchev–Trinajstić information content (AvgIpc) is 2.88. The lowest BCUT2D eigenvalue weighted by Crippen LogP contribution is -2.51. The van der Waals surface area contributed by atoms with E-state index in [2.05, 4.69) is 9.72 Å². The highest BCUT2D eigenvalue weighted by molar-refractivity contribution is 7.59. The van der Waals surface area contributed by atoms with Crippen LogP contribution < -0.4 is 15.6 Å². The Morgan fingerprint density at radius 2 is 1.83 bits per heavy atom. The summed E-state index contributed by atoms with van der Waals surface area (Å²) in [5, 5.41) is 18.1. The molecule has 1 aliphatic heterocycles. The van der Waals surface area contributed by atoms with Crippen molar-refractivity contribution in [1.29, 1.82) is 0 Å². The van der Waals surface area contributed by atoms with E-state index in [0.29, 0.717) is 30.8 Å². The first-order valence-electron chi connectivity index (χ1n) is 11.9. The van der Waals surface area contributed by atoms with Gasteiger partial charge in [0.25, 0.3) is 0 Å². The first kappa shape index (κ1) is 31.3. The second kappa shape index (κ2) is 11.6. The summed E-state index contributed by atoms with van der Waals surface area (Å²) in [5.41, 5.74) is -1.08. The van der Waals surface area contributed by atoms with Gasteiger partial charge in [-0.3, -0.25) is 14.7 Å². The average molecular weight is 649 g/mol. The third-order valence-corrected chi connectivity index (χ3v) is 9.41. The van der Waals surface area contributed by atoms with E-state index in [4.69, 9.17) is 11.6 Å². The van der Waals surface area contributed by atoms with Crippen molar-refractivity contribution in [1.82, 2.24) is 9.55 Å². The number of rotatable bonds is 8. The Hall–Kier alpha value is -3.65. The van der Waals surface area contributed by atoms with E-state index in [-0.39, 0.29) is 35.1 Å². The minimum Gasteiger partial charge on any atom is -0.477 e. The van der Waals surface area contributed by atoms with E-state index >= 15 is 4.39 Å². The number of aliphatic hydroxyl groups excluding tert-OH is 1. The van der Waals surface area contributed by atoms with Crippen LogP contribution in [0.25, 0.3) is 16.7 Å². The number of aromatic nitrogens is 2. The normalized spacial score (nSPS) is 15.6. The van der Waals surface area contributed by atoms with Gasteiger partial charge in [-0.15, -0.1) is 0 Å². The van der Waals surface area contributed by atoms with Crippen LogP contribution in [0, 0.1) is 11.6 Å². The van der Waals surface area contributed by atoms with Crippen LogP contribution in [0.5, 0.6) is 0 Å². The van der Waals surface area contributed by atoms with Gasteiger partial charge in [0.1, 0.15) is 5.56 Å². The van der Waals surface area contributed by atoms with Crippen molar-refractivity contribution in [2.45, 2.75) is 31.5 Å². The van der Waals surface area contributed by atoms with Crippen LogP contribution in [0.4, 0.5) is 25.1 Å². The lowest BCUT2D eigenvalue weighted by Gasteiger charge is -2.39. The number of ether oxygens (including phenoxy) is 1. The van der Waals surface area contributed by atoms with Crippen molar-refractivity contribution in [3.8, 4) is 5.82 Å². The molecular formula is C23H21ClF2N4O10P2+2. The number of carbonyl (C=O) groups excluding carboxylic acids is 1. The van der Waals surface area contributed by atoms with Crippen molar-refractivity contribution in [3.63, 3.8) is 0 Å². The number of carbonyl (C=O) groups is 2. The number of amides is 1. The fraction of sp³-hybridized carbons (Fsp3) is 0.304. The molecule has 5 N–H and O–H groups in total.